The summed E-state index contributed by atoms with van der Waals surface area (Å²) in [5.74, 6) is 1.72. The molecule has 0 heterocycles. The Morgan fingerprint density at radius 1 is 1.26 bits per heavy atom. The van der Waals surface area contributed by atoms with Gasteiger partial charge in [0.2, 0.25) is 0 Å². The molecule has 1 fully saturated rings. The minimum Gasteiger partial charge on any atom is -0.310 e. The molecule has 3 heteroatoms. The average Bonchev–Trinajstić information content (AvgIpc) is 2.39. The van der Waals surface area contributed by atoms with Gasteiger partial charge in [0.25, 0.3) is 0 Å². The zero-order chi connectivity index (χ0) is 13.8. The van der Waals surface area contributed by atoms with Crippen LogP contribution in [0.4, 0.5) is 0 Å². The van der Waals surface area contributed by atoms with Crippen LogP contribution in [0.3, 0.4) is 0 Å². The van der Waals surface area contributed by atoms with Gasteiger partial charge in [-0.3, -0.25) is 0 Å². The highest BCUT2D eigenvalue weighted by molar-refractivity contribution is 6.42. The summed E-state index contributed by atoms with van der Waals surface area (Å²) in [5, 5.41) is 4.90. The molecule has 3 unspecified atom stereocenters. The van der Waals surface area contributed by atoms with Crippen molar-refractivity contribution in [3.8, 4) is 0 Å². The van der Waals surface area contributed by atoms with Gasteiger partial charge in [-0.05, 0) is 55.8 Å². The van der Waals surface area contributed by atoms with E-state index in [1.54, 1.807) is 0 Å². The molecule has 1 aromatic carbocycles. The van der Waals surface area contributed by atoms with E-state index in [1.165, 1.54) is 31.2 Å². The molecular weight excluding hydrogens is 277 g/mol. The van der Waals surface area contributed by atoms with Gasteiger partial charge >= 0.3 is 0 Å². The Balaban J connectivity index is 1.86. The summed E-state index contributed by atoms with van der Waals surface area (Å²) in [6.45, 7) is 5.66. The van der Waals surface area contributed by atoms with E-state index in [0.29, 0.717) is 16.1 Å². The first-order valence-corrected chi connectivity index (χ1v) is 8.00. The molecule has 0 aromatic heterocycles. The van der Waals surface area contributed by atoms with Crippen LogP contribution in [0.25, 0.3) is 0 Å². The van der Waals surface area contributed by atoms with Crippen LogP contribution in [0.2, 0.25) is 10.0 Å². The van der Waals surface area contributed by atoms with E-state index in [4.69, 9.17) is 23.2 Å². The largest absolute Gasteiger partial charge is 0.310 e. The molecule has 1 N–H and O–H groups in total. The molecule has 19 heavy (non-hydrogen) atoms. The average molecular weight is 300 g/mol. The van der Waals surface area contributed by atoms with Crippen LogP contribution in [0.1, 0.15) is 51.1 Å². The van der Waals surface area contributed by atoms with Crippen molar-refractivity contribution in [2.24, 2.45) is 11.8 Å². The summed E-state index contributed by atoms with van der Waals surface area (Å²) in [4.78, 5) is 0. The number of halogens is 2. The first-order valence-electron chi connectivity index (χ1n) is 7.24. The number of benzene rings is 1. The number of nitrogens with one attached hydrogen (secondary N) is 1. The van der Waals surface area contributed by atoms with Gasteiger partial charge in [0.15, 0.2) is 0 Å². The van der Waals surface area contributed by atoms with Crippen LogP contribution in [0, 0.1) is 11.8 Å². The van der Waals surface area contributed by atoms with Crippen molar-refractivity contribution in [1.29, 1.82) is 0 Å². The van der Waals surface area contributed by atoms with Crippen LogP contribution in [-0.4, -0.2) is 6.54 Å². The fraction of sp³-hybridized carbons (Fsp3) is 0.625. The van der Waals surface area contributed by atoms with Crippen LogP contribution in [-0.2, 0) is 0 Å². The Hall–Kier alpha value is -0.240. The van der Waals surface area contributed by atoms with E-state index >= 15 is 0 Å². The zero-order valence-corrected chi connectivity index (χ0v) is 13.3. The number of rotatable bonds is 4. The number of hydrogen-bond acceptors (Lipinski definition) is 1. The zero-order valence-electron chi connectivity index (χ0n) is 11.8. The van der Waals surface area contributed by atoms with Crippen LogP contribution >= 0.6 is 23.2 Å². The third-order valence-corrected chi connectivity index (χ3v) is 4.94. The Morgan fingerprint density at radius 2 is 2.05 bits per heavy atom. The second-order valence-corrected chi connectivity index (χ2v) is 6.76. The topological polar surface area (TPSA) is 12.0 Å². The summed E-state index contributed by atoms with van der Waals surface area (Å²) in [6, 6.07) is 6.22. The smallest absolute Gasteiger partial charge is 0.0595 e. The molecule has 0 radical (unpaired) electrons. The molecule has 106 valence electrons. The molecule has 1 aliphatic rings. The lowest BCUT2D eigenvalue weighted by molar-refractivity contribution is 0.268. The summed E-state index contributed by atoms with van der Waals surface area (Å²) in [6.07, 6.45) is 5.51. The van der Waals surface area contributed by atoms with E-state index in [9.17, 15) is 0 Å². The lowest BCUT2D eigenvalue weighted by atomic mass is 9.82. The highest BCUT2D eigenvalue weighted by Crippen LogP contribution is 2.29. The first-order chi connectivity index (χ1) is 9.06. The summed E-state index contributed by atoms with van der Waals surface area (Å²) in [7, 11) is 0. The van der Waals surface area contributed by atoms with Crippen LogP contribution < -0.4 is 5.32 Å². The van der Waals surface area contributed by atoms with Gasteiger partial charge in [0, 0.05) is 6.04 Å². The Kier molecular flexibility index (Phi) is 5.56. The predicted octanol–water partition coefficient (Wildman–Crippen LogP) is 5.47. The fourth-order valence-corrected chi connectivity index (χ4v) is 3.29. The molecule has 1 aliphatic carbocycles. The minimum absolute atomic E-state index is 0.326. The molecule has 3 atom stereocenters. The molecule has 0 amide bonds. The van der Waals surface area contributed by atoms with Crippen molar-refractivity contribution >= 4 is 23.2 Å². The second kappa shape index (κ2) is 6.97. The molecule has 1 saturated carbocycles. The third kappa shape index (κ3) is 4.37. The predicted molar refractivity (Wildman–Crippen MR) is 84.0 cm³/mol. The molecule has 0 bridgehead atoms. The number of hydrogen-bond donors (Lipinski definition) is 1. The molecular formula is C16H23Cl2N. The van der Waals surface area contributed by atoms with Crippen molar-refractivity contribution in [2.75, 3.05) is 6.54 Å². The molecule has 2 rings (SSSR count). The van der Waals surface area contributed by atoms with E-state index in [1.807, 2.05) is 12.1 Å². The van der Waals surface area contributed by atoms with Gasteiger partial charge in [0.05, 0.1) is 10.0 Å². The van der Waals surface area contributed by atoms with Gasteiger partial charge < -0.3 is 5.32 Å². The van der Waals surface area contributed by atoms with Crippen LogP contribution in [0.5, 0.6) is 0 Å². The quantitative estimate of drug-likeness (QED) is 0.777. The summed E-state index contributed by atoms with van der Waals surface area (Å²) >= 11 is 12.0. The maximum atomic E-state index is 6.07. The Labute approximate surface area is 126 Å². The third-order valence-electron chi connectivity index (χ3n) is 4.20. The van der Waals surface area contributed by atoms with Gasteiger partial charge in [0.1, 0.15) is 0 Å². The van der Waals surface area contributed by atoms with Crippen molar-refractivity contribution in [3.63, 3.8) is 0 Å². The lowest BCUT2D eigenvalue weighted by Crippen LogP contribution is -2.28. The van der Waals surface area contributed by atoms with Gasteiger partial charge in [-0.25, -0.2) is 0 Å². The fourth-order valence-electron chi connectivity index (χ4n) is 2.99. The van der Waals surface area contributed by atoms with Gasteiger partial charge in [-0.15, -0.1) is 0 Å². The highest BCUT2D eigenvalue weighted by Gasteiger charge is 2.19. The van der Waals surface area contributed by atoms with Gasteiger partial charge in [-0.2, -0.15) is 0 Å². The Morgan fingerprint density at radius 3 is 2.74 bits per heavy atom. The molecule has 0 spiro atoms. The first kappa shape index (κ1) is 15.2. The molecule has 0 aliphatic heterocycles. The summed E-state index contributed by atoms with van der Waals surface area (Å²) < 4.78 is 0. The van der Waals surface area contributed by atoms with Crippen molar-refractivity contribution in [2.45, 2.75) is 45.6 Å². The lowest BCUT2D eigenvalue weighted by Gasteiger charge is -2.28. The normalized spacial score (nSPS) is 25.3. The van der Waals surface area contributed by atoms with Crippen molar-refractivity contribution in [3.05, 3.63) is 33.8 Å². The molecule has 1 aromatic rings. The standard InChI is InChI=1S/C16H23Cl2N/c1-11-4-3-5-13(8-11)10-19-12(2)14-6-7-15(17)16(18)9-14/h6-7,9,11-13,19H,3-5,8,10H2,1-2H3. The van der Waals surface area contributed by atoms with Crippen molar-refractivity contribution in [1.82, 2.24) is 5.32 Å². The second-order valence-electron chi connectivity index (χ2n) is 5.94. The monoisotopic (exact) mass is 299 g/mol. The van der Waals surface area contributed by atoms with Crippen LogP contribution in [0.15, 0.2) is 18.2 Å². The van der Waals surface area contributed by atoms with Gasteiger partial charge in [-0.1, -0.05) is 49.0 Å². The van der Waals surface area contributed by atoms with Crippen molar-refractivity contribution < 1.29 is 0 Å². The molecule has 1 nitrogen and oxygen atoms in total. The maximum absolute atomic E-state index is 6.07. The Bertz CT molecular complexity index is 419. The SMILES string of the molecule is CC1CCCC(CNC(C)c2ccc(Cl)c(Cl)c2)C1. The van der Waals surface area contributed by atoms with E-state index < -0.39 is 0 Å². The minimum atomic E-state index is 0.326. The van der Waals surface area contributed by atoms with E-state index in [-0.39, 0.29) is 0 Å². The molecule has 0 saturated heterocycles. The maximum Gasteiger partial charge on any atom is 0.0595 e. The van der Waals surface area contributed by atoms with E-state index in [0.717, 1.165) is 18.4 Å². The van der Waals surface area contributed by atoms with E-state index in [2.05, 4.69) is 25.2 Å². The highest BCUT2D eigenvalue weighted by atomic mass is 35.5. The summed E-state index contributed by atoms with van der Waals surface area (Å²) in [5.41, 5.74) is 1.21.